The Morgan fingerprint density at radius 2 is 2.32 bits per heavy atom. The monoisotopic (exact) mass is 273 g/mol. The summed E-state index contributed by atoms with van der Waals surface area (Å²) in [6.45, 7) is 5.07. The first kappa shape index (κ1) is 13.9. The Kier molecular flexibility index (Phi) is 4.41. The highest BCUT2D eigenvalue weighted by molar-refractivity contribution is 7.09. The van der Waals surface area contributed by atoms with Gasteiger partial charge in [-0.2, -0.15) is 5.26 Å². The van der Waals surface area contributed by atoms with E-state index in [0.717, 1.165) is 24.4 Å². The third-order valence-corrected chi connectivity index (χ3v) is 4.38. The SMILES string of the molecule is Cc1c(CNC(C)Cc2cccs2)cc(C#N)n1C. The summed E-state index contributed by atoms with van der Waals surface area (Å²) in [5.41, 5.74) is 3.09. The molecular weight excluding hydrogens is 254 g/mol. The standard InChI is InChI=1S/C15H19N3S/c1-11(7-15-5-4-6-19-15)17-10-13-8-14(9-16)18(3)12(13)2/h4-6,8,11,17H,7,10H2,1-3H3. The lowest BCUT2D eigenvalue weighted by molar-refractivity contribution is 0.547. The van der Waals surface area contributed by atoms with Crippen LogP contribution < -0.4 is 5.32 Å². The number of hydrogen-bond donors (Lipinski definition) is 1. The van der Waals surface area contributed by atoms with E-state index < -0.39 is 0 Å². The maximum absolute atomic E-state index is 9.01. The molecule has 1 atom stereocenters. The van der Waals surface area contributed by atoms with E-state index in [1.165, 1.54) is 10.4 Å². The molecule has 0 aliphatic rings. The lowest BCUT2D eigenvalue weighted by Gasteiger charge is -2.12. The van der Waals surface area contributed by atoms with Crippen molar-refractivity contribution in [1.82, 2.24) is 9.88 Å². The average Bonchev–Trinajstić information content (AvgIpc) is 2.98. The van der Waals surface area contributed by atoms with E-state index in [0.29, 0.717) is 6.04 Å². The van der Waals surface area contributed by atoms with Crippen molar-refractivity contribution in [2.24, 2.45) is 7.05 Å². The lowest BCUT2D eigenvalue weighted by Crippen LogP contribution is -2.27. The molecule has 0 radical (unpaired) electrons. The number of hydrogen-bond acceptors (Lipinski definition) is 3. The summed E-state index contributed by atoms with van der Waals surface area (Å²) in [5.74, 6) is 0. The number of rotatable bonds is 5. The average molecular weight is 273 g/mol. The van der Waals surface area contributed by atoms with Gasteiger partial charge in [0.05, 0.1) is 0 Å². The molecule has 0 saturated heterocycles. The number of nitriles is 1. The van der Waals surface area contributed by atoms with Crippen LogP contribution in [0.25, 0.3) is 0 Å². The second-order valence-corrected chi connectivity index (χ2v) is 5.91. The molecule has 0 aromatic carbocycles. The minimum Gasteiger partial charge on any atom is -0.340 e. The maximum atomic E-state index is 9.01. The van der Waals surface area contributed by atoms with Crippen LogP contribution in [-0.2, 0) is 20.0 Å². The number of thiophene rings is 1. The zero-order valence-corrected chi connectivity index (χ0v) is 12.4. The molecule has 4 heteroatoms. The Morgan fingerprint density at radius 1 is 1.53 bits per heavy atom. The zero-order valence-electron chi connectivity index (χ0n) is 11.6. The van der Waals surface area contributed by atoms with E-state index in [4.69, 9.17) is 5.26 Å². The highest BCUT2D eigenvalue weighted by Gasteiger charge is 2.10. The Labute approximate surface area is 118 Å². The van der Waals surface area contributed by atoms with E-state index in [2.05, 4.69) is 42.7 Å². The minimum atomic E-state index is 0.434. The predicted octanol–water partition coefficient (Wildman–Crippen LogP) is 2.99. The molecule has 2 aromatic heterocycles. The van der Waals surface area contributed by atoms with Gasteiger partial charge in [0.1, 0.15) is 11.8 Å². The molecule has 0 saturated carbocycles. The lowest BCUT2D eigenvalue weighted by atomic mass is 10.2. The summed E-state index contributed by atoms with van der Waals surface area (Å²) < 4.78 is 1.95. The van der Waals surface area contributed by atoms with Gasteiger partial charge in [-0.15, -0.1) is 11.3 Å². The first-order valence-electron chi connectivity index (χ1n) is 6.43. The summed E-state index contributed by atoms with van der Waals surface area (Å²) in [4.78, 5) is 1.41. The fourth-order valence-corrected chi connectivity index (χ4v) is 2.97. The van der Waals surface area contributed by atoms with E-state index in [9.17, 15) is 0 Å². The van der Waals surface area contributed by atoms with Crippen molar-refractivity contribution >= 4 is 11.3 Å². The number of nitrogens with zero attached hydrogens (tertiary/aromatic N) is 2. The first-order valence-corrected chi connectivity index (χ1v) is 7.31. The number of aromatic nitrogens is 1. The molecule has 2 heterocycles. The van der Waals surface area contributed by atoms with Crippen LogP contribution in [0.2, 0.25) is 0 Å². The van der Waals surface area contributed by atoms with Crippen LogP contribution in [0.15, 0.2) is 23.6 Å². The normalized spacial score (nSPS) is 12.3. The van der Waals surface area contributed by atoms with Crippen molar-refractivity contribution in [1.29, 1.82) is 5.26 Å². The zero-order chi connectivity index (χ0) is 13.8. The fourth-order valence-electron chi connectivity index (χ4n) is 2.14. The number of nitrogens with one attached hydrogen (secondary N) is 1. The highest BCUT2D eigenvalue weighted by atomic mass is 32.1. The smallest absolute Gasteiger partial charge is 0.120 e. The van der Waals surface area contributed by atoms with Gasteiger partial charge in [0.25, 0.3) is 0 Å². The van der Waals surface area contributed by atoms with Crippen molar-refractivity contribution in [3.05, 3.63) is 45.4 Å². The second-order valence-electron chi connectivity index (χ2n) is 4.88. The molecule has 0 aliphatic carbocycles. The molecule has 3 nitrogen and oxygen atoms in total. The van der Waals surface area contributed by atoms with Crippen molar-refractivity contribution in [2.75, 3.05) is 0 Å². The van der Waals surface area contributed by atoms with E-state index in [-0.39, 0.29) is 0 Å². The predicted molar refractivity (Wildman–Crippen MR) is 79.2 cm³/mol. The molecule has 100 valence electrons. The molecule has 0 fully saturated rings. The minimum absolute atomic E-state index is 0.434. The van der Waals surface area contributed by atoms with Gasteiger partial charge >= 0.3 is 0 Å². The molecule has 2 aromatic rings. The fraction of sp³-hybridized carbons (Fsp3) is 0.400. The van der Waals surface area contributed by atoms with Gasteiger partial charge in [0, 0.05) is 30.2 Å². The van der Waals surface area contributed by atoms with Crippen LogP contribution in [0.4, 0.5) is 0 Å². The van der Waals surface area contributed by atoms with Gasteiger partial charge in [-0.1, -0.05) is 6.07 Å². The molecule has 1 N–H and O–H groups in total. The van der Waals surface area contributed by atoms with Crippen molar-refractivity contribution < 1.29 is 0 Å². The Bertz CT molecular complexity index is 575. The van der Waals surface area contributed by atoms with Crippen LogP contribution in [-0.4, -0.2) is 10.6 Å². The maximum Gasteiger partial charge on any atom is 0.120 e. The quantitative estimate of drug-likeness (QED) is 0.910. The van der Waals surface area contributed by atoms with Gasteiger partial charge in [0.15, 0.2) is 0 Å². The molecule has 0 bridgehead atoms. The van der Waals surface area contributed by atoms with E-state index in [1.54, 1.807) is 11.3 Å². The van der Waals surface area contributed by atoms with Crippen molar-refractivity contribution in [3.63, 3.8) is 0 Å². The van der Waals surface area contributed by atoms with Crippen LogP contribution in [0.5, 0.6) is 0 Å². The van der Waals surface area contributed by atoms with Gasteiger partial charge < -0.3 is 9.88 Å². The summed E-state index contributed by atoms with van der Waals surface area (Å²) in [5, 5.41) is 14.7. The Balaban J connectivity index is 1.94. The molecule has 0 spiro atoms. The molecule has 1 unspecified atom stereocenters. The summed E-state index contributed by atoms with van der Waals surface area (Å²) in [7, 11) is 1.94. The van der Waals surface area contributed by atoms with Crippen LogP contribution >= 0.6 is 11.3 Å². The Hall–Kier alpha value is -1.57. The topological polar surface area (TPSA) is 40.8 Å². The molecule has 0 aliphatic heterocycles. The van der Waals surface area contributed by atoms with Crippen molar-refractivity contribution in [2.45, 2.75) is 32.9 Å². The van der Waals surface area contributed by atoms with Crippen molar-refractivity contribution in [3.8, 4) is 6.07 Å². The molecule has 19 heavy (non-hydrogen) atoms. The largest absolute Gasteiger partial charge is 0.340 e. The second kappa shape index (κ2) is 6.05. The van der Waals surface area contributed by atoms with Gasteiger partial charge in [-0.3, -0.25) is 0 Å². The molecular formula is C15H19N3S. The van der Waals surface area contributed by atoms with Crippen LogP contribution in [0.1, 0.15) is 28.8 Å². The van der Waals surface area contributed by atoms with Crippen LogP contribution in [0.3, 0.4) is 0 Å². The van der Waals surface area contributed by atoms with E-state index in [1.807, 2.05) is 17.7 Å². The highest BCUT2D eigenvalue weighted by Crippen LogP contribution is 2.14. The molecule has 0 amide bonds. The third kappa shape index (κ3) is 3.25. The third-order valence-electron chi connectivity index (χ3n) is 3.48. The molecule has 2 rings (SSSR count). The van der Waals surface area contributed by atoms with Gasteiger partial charge in [-0.25, -0.2) is 0 Å². The van der Waals surface area contributed by atoms with E-state index >= 15 is 0 Å². The first-order chi connectivity index (χ1) is 9.11. The van der Waals surface area contributed by atoms with Crippen LogP contribution in [0, 0.1) is 18.3 Å². The summed E-state index contributed by atoms with van der Waals surface area (Å²) in [6.07, 6.45) is 1.05. The van der Waals surface area contributed by atoms with Gasteiger partial charge in [0.2, 0.25) is 0 Å². The summed E-state index contributed by atoms with van der Waals surface area (Å²) in [6, 6.07) is 8.89. The summed E-state index contributed by atoms with van der Waals surface area (Å²) >= 11 is 1.80. The Morgan fingerprint density at radius 3 is 2.89 bits per heavy atom. The van der Waals surface area contributed by atoms with Gasteiger partial charge in [-0.05, 0) is 43.3 Å².